The van der Waals surface area contributed by atoms with Crippen LogP contribution in [0.2, 0.25) is 0 Å². The van der Waals surface area contributed by atoms with Crippen LogP contribution in [0.15, 0.2) is 64.5 Å². The Morgan fingerprint density at radius 3 is 2.61 bits per heavy atom. The molecule has 0 saturated heterocycles. The summed E-state index contributed by atoms with van der Waals surface area (Å²) in [7, 11) is 1.77. The highest BCUT2D eigenvalue weighted by Gasteiger charge is 2.20. The van der Waals surface area contributed by atoms with E-state index in [2.05, 4.69) is 25.1 Å². The first kappa shape index (κ1) is 18.7. The maximum Gasteiger partial charge on any atom is 0.250 e. The number of pyridine rings is 1. The molecule has 2 aromatic carbocycles. The number of halogens is 1. The topological polar surface area (TPSA) is 34.4 Å². The molecule has 0 saturated carbocycles. The predicted octanol–water partition coefficient (Wildman–Crippen LogP) is 4.80. The van der Waals surface area contributed by atoms with Gasteiger partial charge in [-0.05, 0) is 52.8 Å². The molecule has 0 fully saturated rings. The predicted molar refractivity (Wildman–Crippen MR) is 115 cm³/mol. The Bertz CT molecular complexity index is 1120. The Morgan fingerprint density at radius 1 is 1.07 bits per heavy atom. The van der Waals surface area contributed by atoms with E-state index < -0.39 is 0 Å². The van der Waals surface area contributed by atoms with Crippen LogP contribution in [0.5, 0.6) is 0 Å². The molecule has 1 aliphatic heterocycles. The fraction of sp³-hybridized carbons (Fsp3) is 0.217. The summed E-state index contributed by atoms with van der Waals surface area (Å²) in [4.78, 5) is 17.0. The molecule has 4 rings (SSSR count). The minimum atomic E-state index is -0.267. The maximum absolute atomic E-state index is 13.4. The highest BCUT2D eigenvalue weighted by atomic mass is 32.2. The van der Waals surface area contributed by atoms with Crippen molar-refractivity contribution in [1.29, 1.82) is 0 Å². The third kappa shape index (κ3) is 3.54. The van der Waals surface area contributed by atoms with Gasteiger partial charge in [0, 0.05) is 41.8 Å². The first-order valence-electron chi connectivity index (χ1n) is 9.28. The Labute approximate surface area is 168 Å². The fourth-order valence-corrected chi connectivity index (χ4v) is 4.10. The highest BCUT2D eigenvalue weighted by Crippen LogP contribution is 2.33. The van der Waals surface area contributed by atoms with E-state index in [0.29, 0.717) is 6.54 Å². The molecule has 0 radical (unpaired) electrons. The summed E-state index contributed by atoms with van der Waals surface area (Å²) >= 11 is 1.88. The van der Waals surface area contributed by atoms with Crippen LogP contribution in [0.3, 0.4) is 0 Å². The zero-order valence-corrected chi connectivity index (χ0v) is 16.7. The van der Waals surface area contributed by atoms with Crippen LogP contribution in [0.4, 0.5) is 4.39 Å². The number of aliphatic imine (C=N–C) groups is 1. The summed E-state index contributed by atoms with van der Waals surface area (Å²) in [5.74, 6) is 1.73. The van der Waals surface area contributed by atoms with Gasteiger partial charge in [-0.1, -0.05) is 19.1 Å². The van der Waals surface area contributed by atoms with Crippen LogP contribution >= 0.6 is 11.8 Å². The third-order valence-corrected chi connectivity index (χ3v) is 5.89. The third-order valence-electron chi connectivity index (χ3n) is 4.94. The van der Waals surface area contributed by atoms with Gasteiger partial charge >= 0.3 is 0 Å². The first-order valence-corrected chi connectivity index (χ1v) is 10.4. The summed E-state index contributed by atoms with van der Waals surface area (Å²) in [6.07, 6.45) is 1.90. The number of benzene rings is 2. The van der Waals surface area contributed by atoms with Gasteiger partial charge in [0.25, 0.3) is 5.56 Å². The minimum absolute atomic E-state index is 0.0431. The summed E-state index contributed by atoms with van der Waals surface area (Å²) < 4.78 is 15.0. The average molecular weight is 392 g/mol. The van der Waals surface area contributed by atoms with Crippen molar-refractivity contribution in [2.24, 2.45) is 12.0 Å². The van der Waals surface area contributed by atoms with Gasteiger partial charge in [0.1, 0.15) is 5.82 Å². The van der Waals surface area contributed by atoms with Crippen molar-refractivity contribution in [2.75, 3.05) is 5.75 Å². The molecule has 0 unspecified atom stereocenters. The second-order valence-corrected chi connectivity index (χ2v) is 8.12. The van der Waals surface area contributed by atoms with Gasteiger partial charge in [0.05, 0.1) is 12.3 Å². The van der Waals surface area contributed by atoms with E-state index in [1.807, 2.05) is 18.0 Å². The summed E-state index contributed by atoms with van der Waals surface area (Å²) in [5.41, 5.74) is 6.93. The number of thioether (sulfide) groups is 1. The fourth-order valence-electron chi connectivity index (χ4n) is 3.48. The molecule has 142 valence electrons. The summed E-state index contributed by atoms with van der Waals surface area (Å²) in [6.45, 7) is 2.57. The monoisotopic (exact) mass is 392 g/mol. The number of aryl methyl sites for hydroxylation is 1. The Morgan fingerprint density at radius 2 is 1.86 bits per heavy atom. The number of rotatable bonds is 4. The highest BCUT2D eigenvalue weighted by molar-refractivity contribution is 7.98. The molecule has 0 aliphatic carbocycles. The quantitative estimate of drug-likeness (QED) is 0.639. The standard InChI is InChI=1S/C23H21FN2OS/c1-3-28-14-15-4-9-19-20(10-15)21-13-26(2)22(27)11-17(21)12-25-23(19)16-5-7-18(24)8-6-16/h4-11,13H,3,12,14H2,1-2H3. The van der Waals surface area contributed by atoms with Crippen molar-refractivity contribution in [2.45, 2.75) is 19.2 Å². The van der Waals surface area contributed by atoms with Crippen molar-refractivity contribution >= 4 is 17.5 Å². The molecule has 0 bridgehead atoms. The number of hydrogen-bond donors (Lipinski definition) is 0. The molecule has 0 amide bonds. The van der Waals surface area contributed by atoms with Crippen molar-refractivity contribution in [3.05, 3.63) is 93.2 Å². The lowest BCUT2D eigenvalue weighted by Gasteiger charge is -2.14. The first-order chi connectivity index (χ1) is 13.6. The second-order valence-electron chi connectivity index (χ2n) is 6.85. The van der Waals surface area contributed by atoms with Crippen LogP contribution < -0.4 is 5.56 Å². The largest absolute Gasteiger partial charge is 0.318 e. The lowest BCUT2D eigenvalue weighted by atomic mass is 9.92. The van der Waals surface area contributed by atoms with E-state index in [0.717, 1.165) is 45.0 Å². The molecule has 5 heteroatoms. The minimum Gasteiger partial charge on any atom is -0.318 e. The molecule has 1 aliphatic rings. The van der Waals surface area contributed by atoms with E-state index in [9.17, 15) is 9.18 Å². The van der Waals surface area contributed by atoms with Gasteiger partial charge in [0.15, 0.2) is 0 Å². The van der Waals surface area contributed by atoms with E-state index in [-0.39, 0.29) is 11.4 Å². The number of fused-ring (bicyclic) bond motifs is 3. The Kier molecular flexibility index (Phi) is 5.18. The van der Waals surface area contributed by atoms with E-state index in [1.54, 1.807) is 29.8 Å². The number of aromatic nitrogens is 1. The summed E-state index contributed by atoms with van der Waals surface area (Å²) in [5, 5.41) is 0. The van der Waals surface area contributed by atoms with Gasteiger partial charge in [0.2, 0.25) is 0 Å². The maximum atomic E-state index is 13.4. The Balaban J connectivity index is 1.93. The molecular weight excluding hydrogens is 371 g/mol. The van der Waals surface area contributed by atoms with Crippen LogP contribution in [-0.4, -0.2) is 16.0 Å². The van der Waals surface area contributed by atoms with Gasteiger partial charge < -0.3 is 4.57 Å². The smallest absolute Gasteiger partial charge is 0.250 e. The van der Waals surface area contributed by atoms with Gasteiger partial charge in [-0.15, -0.1) is 0 Å². The molecule has 1 aromatic heterocycles. The zero-order chi connectivity index (χ0) is 19.7. The second kappa shape index (κ2) is 7.76. The van der Waals surface area contributed by atoms with Crippen molar-refractivity contribution in [1.82, 2.24) is 4.57 Å². The van der Waals surface area contributed by atoms with Gasteiger partial charge in [-0.25, -0.2) is 4.39 Å². The lowest BCUT2D eigenvalue weighted by molar-refractivity contribution is 0.628. The van der Waals surface area contributed by atoms with Gasteiger partial charge in [-0.2, -0.15) is 11.8 Å². The van der Waals surface area contributed by atoms with Crippen LogP contribution in [0, 0.1) is 5.82 Å². The SMILES string of the molecule is CCSCc1ccc2c(c1)-c1cn(C)c(=O)cc1CN=C2c1ccc(F)cc1. The molecule has 2 heterocycles. The van der Waals surface area contributed by atoms with Crippen molar-refractivity contribution in [3.63, 3.8) is 0 Å². The molecule has 0 atom stereocenters. The van der Waals surface area contributed by atoms with E-state index in [4.69, 9.17) is 4.99 Å². The zero-order valence-electron chi connectivity index (χ0n) is 15.9. The molecule has 3 nitrogen and oxygen atoms in total. The Hall–Kier alpha value is -2.66. The molecule has 0 N–H and O–H groups in total. The number of hydrogen-bond acceptors (Lipinski definition) is 3. The van der Waals surface area contributed by atoms with Crippen molar-refractivity contribution in [3.8, 4) is 11.1 Å². The summed E-state index contributed by atoms with van der Waals surface area (Å²) in [6, 6.07) is 14.5. The van der Waals surface area contributed by atoms with Crippen LogP contribution in [0.1, 0.15) is 29.2 Å². The molecule has 28 heavy (non-hydrogen) atoms. The molecule has 0 spiro atoms. The number of nitrogens with zero attached hydrogens (tertiary/aromatic N) is 2. The molecule has 3 aromatic rings. The molecular formula is C23H21FN2OS. The average Bonchev–Trinajstić information content (AvgIpc) is 2.84. The van der Waals surface area contributed by atoms with E-state index >= 15 is 0 Å². The van der Waals surface area contributed by atoms with Crippen molar-refractivity contribution < 1.29 is 4.39 Å². The van der Waals surface area contributed by atoms with Crippen LogP contribution in [0.25, 0.3) is 11.1 Å². The normalized spacial score (nSPS) is 12.8. The van der Waals surface area contributed by atoms with E-state index in [1.165, 1.54) is 17.7 Å². The lowest BCUT2D eigenvalue weighted by Crippen LogP contribution is -2.16. The van der Waals surface area contributed by atoms with Crippen LogP contribution in [-0.2, 0) is 19.3 Å². The van der Waals surface area contributed by atoms with Gasteiger partial charge in [-0.3, -0.25) is 9.79 Å².